The molecule has 2 N–H and O–H groups in total. The lowest BCUT2D eigenvalue weighted by atomic mass is 9.92. The van der Waals surface area contributed by atoms with E-state index in [0.29, 0.717) is 43.7 Å². The minimum Gasteiger partial charge on any atom is -0.444 e. The van der Waals surface area contributed by atoms with Crippen LogP contribution in [0.3, 0.4) is 0 Å². The molecule has 1 aliphatic carbocycles. The predicted octanol–water partition coefficient (Wildman–Crippen LogP) is 4.38. The Morgan fingerprint density at radius 2 is 1.66 bits per heavy atom. The molecule has 3 aliphatic rings. The van der Waals surface area contributed by atoms with E-state index in [1.807, 2.05) is 63.9 Å². The average Bonchev–Trinajstić information content (AvgIpc) is 3.33. The Bertz CT molecular complexity index is 1050. The highest BCUT2D eigenvalue weighted by molar-refractivity contribution is 6.30. The molecule has 41 heavy (non-hydrogen) atoms. The third-order valence-corrected chi connectivity index (χ3v) is 8.43. The van der Waals surface area contributed by atoms with Crippen molar-refractivity contribution in [2.45, 2.75) is 109 Å². The normalized spacial score (nSPS) is 21.4. The van der Waals surface area contributed by atoms with Gasteiger partial charge in [-0.05, 0) is 64.2 Å². The molecule has 2 saturated heterocycles. The highest BCUT2D eigenvalue weighted by atomic mass is 35.5. The Morgan fingerprint density at radius 3 is 2.27 bits per heavy atom. The number of amides is 3. The van der Waals surface area contributed by atoms with Crippen molar-refractivity contribution >= 4 is 29.5 Å². The lowest BCUT2D eigenvalue weighted by Crippen LogP contribution is -2.65. The second-order valence-corrected chi connectivity index (χ2v) is 13.6. The molecule has 2 aliphatic heterocycles. The standard InChI is InChI=1S/C31H48ClN5O4/c1-21(2)29(39)37(25-9-7-6-8-10-25)26-15-16-36(20-26)34-28(38)27(17-22-11-13-23(32)14-12-22)33-24-18-35(19-24)30(40)41-31(3,4)5/h11-14,21,24-27,33H,6-10,15-20H2,1-5H3,(H,34,38)/t26-,27+/m0/s1. The Kier molecular flexibility index (Phi) is 10.6. The first-order chi connectivity index (χ1) is 19.4. The molecule has 1 aromatic carbocycles. The molecule has 0 unspecified atom stereocenters. The van der Waals surface area contributed by atoms with Gasteiger partial charge in [-0.2, -0.15) is 0 Å². The Balaban J connectivity index is 1.38. The summed E-state index contributed by atoms with van der Waals surface area (Å²) >= 11 is 6.09. The number of halogens is 1. The minimum absolute atomic E-state index is 0.0117. The molecule has 2 heterocycles. The van der Waals surface area contributed by atoms with E-state index < -0.39 is 11.6 Å². The van der Waals surface area contributed by atoms with Crippen molar-refractivity contribution in [2.75, 3.05) is 26.2 Å². The predicted molar refractivity (Wildman–Crippen MR) is 160 cm³/mol. The Morgan fingerprint density at radius 1 is 1.00 bits per heavy atom. The fraction of sp³-hybridized carbons (Fsp3) is 0.710. The summed E-state index contributed by atoms with van der Waals surface area (Å²) in [7, 11) is 0. The number of likely N-dealkylation sites (tertiary alicyclic amines) is 1. The zero-order valence-corrected chi connectivity index (χ0v) is 26.1. The summed E-state index contributed by atoms with van der Waals surface area (Å²) in [5, 5.41) is 6.09. The average molecular weight is 590 g/mol. The summed E-state index contributed by atoms with van der Waals surface area (Å²) in [6.45, 7) is 11.8. The van der Waals surface area contributed by atoms with E-state index in [1.54, 1.807) is 4.90 Å². The van der Waals surface area contributed by atoms with Crippen molar-refractivity contribution in [1.29, 1.82) is 0 Å². The van der Waals surface area contributed by atoms with Crippen LogP contribution in [0.5, 0.6) is 0 Å². The van der Waals surface area contributed by atoms with E-state index in [-0.39, 0.29) is 35.9 Å². The summed E-state index contributed by atoms with van der Waals surface area (Å²) in [6, 6.07) is 7.42. The number of benzene rings is 1. The van der Waals surface area contributed by atoms with Crippen molar-refractivity contribution in [1.82, 2.24) is 25.6 Å². The minimum atomic E-state index is -0.549. The fourth-order valence-corrected chi connectivity index (χ4v) is 6.17. The number of hydrogen-bond donors (Lipinski definition) is 2. The second kappa shape index (κ2) is 13.7. The van der Waals surface area contributed by atoms with Gasteiger partial charge in [-0.25, -0.2) is 9.80 Å². The molecule has 0 radical (unpaired) electrons. The topological polar surface area (TPSA) is 94.2 Å². The van der Waals surface area contributed by atoms with Gasteiger partial charge in [-0.1, -0.05) is 56.8 Å². The molecule has 0 bridgehead atoms. The van der Waals surface area contributed by atoms with Gasteiger partial charge in [0, 0.05) is 55.2 Å². The third kappa shape index (κ3) is 8.82. The molecular weight excluding hydrogens is 542 g/mol. The largest absolute Gasteiger partial charge is 0.444 e. The maximum Gasteiger partial charge on any atom is 0.410 e. The lowest BCUT2D eigenvalue weighted by Gasteiger charge is -2.41. The smallest absolute Gasteiger partial charge is 0.410 e. The van der Waals surface area contributed by atoms with Crippen LogP contribution in [-0.4, -0.2) is 88.7 Å². The molecule has 3 amide bonds. The molecule has 9 nitrogen and oxygen atoms in total. The molecule has 228 valence electrons. The number of nitrogens with zero attached hydrogens (tertiary/aromatic N) is 3. The Labute approximate surface area is 250 Å². The summed E-state index contributed by atoms with van der Waals surface area (Å²) < 4.78 is 5.48. The van der Waals surface area contributed by atoms with Crippen molar-refractivity contribution in [3.8, 4) is 0 Å². The van der Waals surface area contributed by atoms with E-state index in [2.05, 4.69) is 15.6 Å². The van der Waals surface area contributed by atoms with Crippen LogP contribution in [0, 0.1) is 5.92 Å². The van der Waals surface area contributed by atoms with Crippen LogP contribution < -0.4 is 10.7 Å². The summed E-state index contributed by atoms with van der Waals surface area (Å²) in [5.41, 5.74) is 3.59. The van der Waals surface area contributed by atoms with Gasteiger partial charge >= 0.3 is 6.09 Å². The number of hydrazine groups is 1. The molecule has 0 aromatic heterocycles. The van der Waals surface area contributed by atoms with Crippen LogP contribution in [0.2, 0.25) is 5.02 Å². The highest BCUT2D eigenvalue weighted by Crippen LogP contribution is 2.29. The molecule has 1 aromatic rings. The lowest BCUT2D eigenvalue weighted by molar-refractivity contribution is -0.140. The van der Waals surface area contributed by atoms with E-state index in [1.165, 1.54) is 19.3 Å². The van der Waals surface area contributed by atoms with Crippen LogP contribution in [-0.2, 0) is 20.7 Å². The maximum absolute atomic E-state index is 13.6. The van der Waals surface area contributed by atoms with Crippen molar-refractivity contribution < 1.29 is 19.1 Å². The van der Waals surface area contributed by atoms with E-state index in [0.717, 1.165) is 24.8 Å². The van der Waals surface area contributed by atoms with Gasteiger partial charge in [0.15, 0.2) is 0 Å². The van der Waals surface area contributed by atoms with Gasteiger partial charge in [0.1, 0.15) is 5.60 Å². The highest BCUT2D eigenvalue weighted by Gasteiger charge is 2.39. The van der Waals surface area contributed by atoms with Gasteiger partial charge < -0.3 is 14.5 Å². The van der Waals surface area contributed by atoms with Gasteiger partial charge in [-0.3, -0.25) is 20.3 Å². The molecule has 0 spiro atoms. The van der Waals surface area contributed by atoms with Crippen LogP contribution in [0.15, 0.2) is 24.3 Å². The molecule has 10 heteroatoms. The van der Waals surface area contributed by atoms with Gasteiger partial charge in [0.25, 0.3) is 5.91 Å². The van der Waals surface area contributed by atoms with Gasteiger partial charge in [-0.15, -0.1) is 0 Å². The van der Waals surface area contributed by atoms with E-state index in [9.17, 15) is 14.4 Å². The van der Waals surface area contributed by atoms with Crippen LogP contribution in [0.1, 0.15) is 78.7 Å². The van der Waals surface area contributed by atoms with Crippen molar-refractivity contribution in [3.05, 3.63) is 34.9 Å². The molecule has 2 atom stereocenters. The molecule has 4 rings (SSSR count). The number of carbonyl (C=O) groups is 3. The molecular formula is C31H48ClN5O4. The zero-order valence-electron chi connectivity index (χ0n) is 25.3. The van der Waals surface area contributed by atoms with Gasteiger partial charge in [0.05, 0.1) is 6.04 Å². The van der Waals surface area contributed by atoms with Gasteiger partial charge in [0.2, 0.25) is 5.91 Å². The van der Waals surface area contributed by atoms with Crippen LogP contribution in [0.4, 0.5) is 4.79 Å². The van der Waals surface area contributed by atoms with E-state index >= 15 is 0 Å². The molecule has 1 saturated carbocycles. The molecule has 3 fully saturated rings. The first kappa shape index (κ1) is 31.6. The fourth-order valence-electron chi connectivity index (χ4n) is 6.05. The second-order valence-electron chi connectivity index (χ2n) is 13.2. The zero-order chi connectivity index (χ0) is 29.7. The Hall–Kier alpha value is -2.36. The van der Waals surface area contributed by atoms with Crippen molar-refractivity contribution in [2.24, 2.45) is 5.92 Å². The van der Waals surface area contributed by atoms with Crippen LogP contribution in [0.25, 0.3) is 0 Å². The number of carbonyl (C=O) groups excluding carboxylic acids is 3. The van der Waals surface area contributed by atoms with E-state index in [4.69, 9.17) is 16.3 Å². The number of hydrogen-bond acceptors (Lipinski definition) is 6. The quantitative estimate of drug-likeness (QED) is 0.444. The maximum atomic E-state index is 13.6. The first-order valence-corrected chi connectivity index (χ1v) is 15.6. The van der Waals surface area contributed by atoms with Crippen LogP contribution >= 0.6 is 11.6 Å². The summed E-state index contributed by atoms with van der Waals surface area (Å²) in [5.74, 6) is 0.0591. The van der Waals surface area contributed by atoms with Crippen molar-refractivity contribution in [3.63, 3.8) is 0 Å². The number of rotatable bonds is 9. The first-order valence-electron chi connectivity index (χ1n) is 15.3. The number of ether oxygens (including phenoxy) is 1. The summed E-state index contributed by atoms with van der Waals surface area (Å²) in [4.78, 5) is 43.1. The third-order valence-electron chi connectivity index (χ3n) is 8.18. The monoisotopic (exact) mass is 589 g/mol. The summed E-state index contributed by atoms with van der Waals surface area (Å²) in [6.07, 6.45) is 6.71. The SMILES string of the molecule is CC(C)C(=O)N(C1CCCCC1)[C@H]1CCN(NC(=O)[C@@H](Cc2ccc(Cl)cc2)NC2CN(C(=O)OC(C)(C)C)C2)C1. The number of nitrogens with one attached hydrogen (secondary N) is 2.